The number of halogens is 1. The van der Waals surface area contributed by atoms with E-state index in [9.17, 15) is 4.79 Å². The molecule has 14 heavy (non-hydrogen) atoms. The highest BCUT2D eigenvalue weighted by Crippen LogP contribution is 2.16. The zero-order chi connectivity index (χ0) is 10.4. The molecular formula is C10H18ClNO2. The summed E-state index contributed by atoms with van der Waals surface area (Å²) in [5.41, 5.74) is 0. The van der Waals surface area contributed by atoms with E-state index in [1.807, 2.05) is 6.92 Å². The Bertz CT molecular complexity index is 181. The van der Waals surface area contributed by atoms with Crippen molar-refractivity contribution in [3.05, 3.63) is 0 Å². The Hall–Kier alpha value is -0.280. The number of rotatable bonds is 5. The van der Waals surface area contributed by atoms with Crippen LogP contribution < -0.4 is 5.32 Å². The predicted octanol–water partition coefficient (Wildman–Crippen LogP) is 1.55. The second-order valence-corrected chi connectivity index (χ2v) is 4.15. The van der Waals surface area contributed by atoms with Crippen molar-refractivity contribution in [3.8, 4) is 0 Å². The van der Waals surface area contributed by atoms with Gasteiger partial charge in [-0.25, -0.2) is 0 Å². The van der Waals surface area contributed by atoms with Crippen LogP contribution in [-0.2, 0) is 9.53 Å². The average Bonchev–Trinajstić information content (AvgIpc) is 2.67. The normalized spacial score (nSPS) is 23.4. The van der Waals surface area contributed by atoms with E-state index >= 15 is 0 Å². The summed E-state index contributed by atoms with van der Waals surface area (Å²) >= 11 is 5.51. The molecule has 0 saturated carbocycles. The van der Waals surface area contributed by atoms with Gasteiger partial charge in [0.05, 0.1) is 6.61 Å². The lowest BCUT2D eigenvalue weighted by molar-refractivity contribution is -0.122. The van der Waals surface area contributed by atoms with Crippen molar-refractivity contribution in [1.82, 2.24) is 5.32 Å². The third kappa shape index (κ3) is 3.84. The van der Waals surface area contributed by atoms with Crippen LogP contribution in [0.25, 0.3) is 0 Å². The molecule has 0 radical (unpaired) electrons. The van der Waals surface area contributed by atoms with Crippen LogP contribution in [0.1, 0.15) is 26.2 Å². The number of carbonyl (C=O) groups is 1. The number of alkyl halides is 1. The molecule has 0 aromatic carbocycles. The third-order valence-electron chi connectivity index (χ3n) is 2.60. The molecular weight excluding hydrogens is 202 g/mol. The van der Waals surface area contributed by atoms with Crippen molar-refractivity contribution in [2.75, 3.05) is 19.1 Å². The van der Waals surface area contributed by atoms with Crippen LogP contribution in [0.5, 0.6) is 0 Å². The highest BCUT2D eigenvalue weighted by molar-refractivity contribution is 6.17. The minimum Gasteiger partial charge on any atom is -0.381 e. The lowest BCUT2D eigenvalue weighted by Crippen LogP contribution is -2.38. The van der Waals surface area contributed by atoms with Gasteiger partial charge in [0.25, 0.3) is 0 Å². The molecule has 2 unspecified atom stereocenters. The topological polar surface area (TPSA) is 38.3 Å². The first-order chi connectivity index (χ1) is 6.74. The summed E-state index contributed by atoms with van der Waals surface area (Å²) in [5.74, 6) is 1.13. The van der Waals surface area contributed by atoms with Gasteiger partial charge in [-0.05, 0) is 19.8 Å². The van der Waals surface area contributed by atoms with Crippen LogP contribution in [0.3, 0.4) is 0 Å². The molecule has 1 amide bonds. The van der Waals surface area contributed by atoms with Crippen LogP contribution in [0, 0.1) is 5.92 Å². The molecule has 0 spiro atoms. The highest BCUT2D eigenvalue weighted by Gasteiger charge is 2.23. The van der Waals surface area contributed by atoms with E-state index in [0.29, 0.717) is 18.2 Å². The Morgan fingerprint density at radius 3 is 3.07 bits per heavy atom. The average molecular weight is 220 g/mol. The fourth-order valence-corrected chi connectivity index (χ4v) is 1.75. The van der Waals surface area contributed by atoms with Gasteiger partial charge >= 0.3 is 0 Å². The molecule has 1 heterocycles. The fraction of sp³-hybridized carbons (Fsp3) is 0.900. The minimum absolute atomic E-state index is 0.102. The zero-order valence-electron chi connectivity index (χ0n) is 8.59. The van der Waals surface area contributed by atoms with Crippen molar-refractivity contribution >= 4 is 17.5 Å². The van der Waals surface area contributed by atoms with Crippen molar-refractivity contribution in [2.24, 2.45) is 5.92 Å². The van der Waals surface area contributed by atoms with Crippen molar-refractivity contribution in [2.45, 2.75) is 32.2 Å². The smallest absolute Gasteiger partial charge is 0.220 e. The summed E-state index contributed by atoms with van der Waals surface area (Å²) in [6, 6.07) is 0.223. The Kier molecular flexibility index (Phi) is 5.26. The van der Waals surface area contributed by atoms with Gasteiger partial charge in [-0.2, -0.15) is 0 Å². The summed E-state index contributed by atoms with van der Waals surface area (Å²) in [6.07, 6.45) is 2.33. The van der Waals surface area contributed by atoms with Crippen LogP contribution in [0.15, 0.2) is 0 Å². The maximum absolute atomic E-state index is 11.4. The van der Waals surface area contributed by atoms with E-state index in [2.05, 4.69) is 5.32 Å². The van der Waals surface area contributed by atoms with Gasteiger partial charge in [0, 0.05) is 30.9 Å². The van der Waals surface area contributed by atoms with Gasteiger partial charge in [0.1, 0.15) is 0 Å². The molecule has 1 aliphatic rings. The quantitative estimate of drug-likeness (QED) is 0.713. The van der Waals surface area contributed by atoms with Crippen molar-refractivity contribution in [3.63, 3.8) is 0 Å². The number of hydrogen-bond donors (Lipinski definition) is 1. The molecule has 3 nitrogen and oxygen atoms in total. The van der Waals surface area contributed by atoms with Crippen LogP contribution in [0.2, 0.25) is 0 Å². The predicted molar refractivity (Wildman–Crippen MR) is 56.5 cm³/mol. The standard InChI is InChI=1S/C10H18ClNO2/c1-8(9-4-6-14-7-9)12-10(13)3-2-5-11/h8-9H,2-7H2,1H3,(H,12,13). The van der Waals surface area contributed by atoms with E-state index in [1.54, 1.807) is 0 Å². The zero-order valence-corrected chi connectivity index (χ0v) is 9.35. The van der Waals surface area contributed by atoms with E-state index in [1.165, 1.54) is 0 Å². The lowest BCUT2D eigenvalue weighted by Gasteiger charge is -2.18. The number of carbonyl (C=O) groups excluding carboxylic acids is 1. The number of amides is 1. The van der Waals surface area contributed by atoms with Crippen LogP contribution in [0.4, 0.5) is 0 Å². The first kappa shape index (κ1) is 11.8. The molecule has 0 bridgehead atoms. The van der Waals surface area contributed by atoms with E-state index < -0.39 is 0 Å². The SMILES string of the molecule is CC(NC(=O)CCCCl)C1CCOC1. The van der Waals surface area contributed by atoms with E-state index in [4.69, 9.17) is 16.3 Å². The Morgan fingerprint density at radius 2 is 2.50 bits per heavy atom. The fourth-order valence-electron chi connectivity index (χ4n) is 1.62. The maximum atomic E-state index is 11.4. The second-order valence-electron chi connectivity index (χ2n) is 3.77. The van der Waals surface area contributed by atoms with Gasteiger partial charge in [0.15, 0.2) is 0 Å². The Labute approximate surface area is 90.1 Å². The van der Waals surface area contributed by atoms with E-state index in [0.717, 1.165) is 26.1 Å². The van der Waals surface area contributed by atoms with Gasteiger partial charge in [0.2, 0.25) is 5.91 Å². The number of ether oxygens (including phenoxy) is 1. The van der Waals surface area contributed by atoms with Crippen LogP contribution >= 0.6 is 11.6 Å². The van der Waals surface area contributed by atoms with Crippen molar-refractivity contribution < 1.29 is 9.53 Å². The van der Waals surface area contributed by atoms with Crippen LogP contribution in [-0.4, -0.2) is 31.0 Å². The summed E-state index contributed by atoms with van der Waals surface area (Å²) in [7, 11) is 0. The third-order valence-corrected chi connectivity index (χ3v) is 2.87. The monoisotopic (exact) mass is 219 g/mol. The summed E-state index contributed by atoms with van der Waals surface area (Å²) in [6.45, 7) is 3.64. The first-order valence-corrected chi connectivity index (χ1v) is 5.70. The molecule has 82 valence electrons. The summed E-state index contributed by atoms with van der Waals surface area (Å²) in [5, 5.41) is 2.98. The highest BCUT2D eigenvalue weighted by atomic mass is 35.5. The van der Waals surface area contributed by atoms with Gasteiger partial charge in [-0.1, -0.05) is 0 Å². The minimum atomic E-state index is 0.102. The van der Waals surface area contributed by atoms with Gasteiger partial charge in [-0.15, -0.1) is 11.6 Å². The molecule has 0 aromatic heterocycles. The number of nitrogens with one attached hydrogen (secondary N) is 1. The molecule has 2 atom stereocenters. The summed E-state index contributed by atoms with van der Waals surface area (Å²) in [4.78, 5) is 11.4. The molecule has 4 heteroatoms. The Balaban J connectivity index is 2.18. The lowest BCUT2D eigenvalue weighted by atomic mass is 10.0. The molecule has 1 saturated heterocycles. The maximum Gasteiger partial charge on any atom is 0.220 e. The molecule has 1 fully saturated rings. The van der Waals surface area contributed by atoms with E-state index in [-0.39, 0.29) is 11.9 Å². The van der Waals surface area contributed by atoms with Gasteiger partial charge in [-0.3, -0.25) is 4.79 Å². The molecule has 1 N–H and O–H groups in total. The largest absolute Gasteiger partial charge is 0.381 e. The first-order valence-electron chi connectivity index (χ1n) is 5.17. The molecule has 0 aromatic rings. The Morgan fingerprint density at radius 1 is 1.71 bits per heavy atom. The second kappa shape index (κ2) is 6.25. The van der Waals surface area contributed by atoms with Gasteiger partial charge < -0.3 is 10.1 Å². The number of hydrogen-bond acceptors (Lipinski definition) is 2. The molecule has 1 rings (SSSR count). The van der Waals surface area contributed by atoms with Crippen molar-refractivity contribution in [1.29, 1.82) is 0 Å². The molecule has 0 aliphatic carbocycles. The summed E-state index contributed by atoms with van der Waals surface area (Å²) < 4.78 is 5.27. The molecule has 1 aliphatic heterocycles.